The summed E-state index contributed by atoms with van der Waals surface area (Å²) in [6.45, 7) is 4.34. The Bertz CT molecular complexity index is 1320. The molecular weight excluding hydrogens is 460 g/mol. The largest absolute Gasteiger partial charge is 0.490 e. The molecule has 1 saturated carbocycles. The predicted molar refractivity (Wildman–Crippen MR) is 131 cm³/mol. The highest BCUT2D eigenvalue weighted by Crippen LogP contribution is 2.35. The van der Waals surface area contributed by atoms with Crippen LogP contribution in [-0.2, 0) is 5.41 Å². The van der Waals surface area contributed by atoms with Crippen LogP contribution < -0.4 is 14.8 Å². The van der Waals surface area contributed by atoms with E-state index in [1.165, 1.54) is 4.80 Å². The summed E-state index contributed by atoms with van der Waals surface area (Å²) in [5, 5.41) is 27.4. The number of ether oxygens (including phenoxy) is 2. The molecule has 184 valence electrons. The van der Waals surface area contributed by atoms with E-state index in [0.29, 0.717) is 30.2 Å². The maximum Gasteiger partial charge on any atom is 0.404 e. The summed E-state index contributed by atoms with van der Waals surface area (Å²) in [5.74, 6) is 2.47. The van der Waals surface area contributed by atoms with Gasteiger partial charge in [-0.3, -0.25) is 0 Å². The molecule has 36 heavy (non-hydrogen) atoms. The van der Waals surface area contributed by atoms with Gasteiger partial charge in [0.2, 0.25) is 0 Å². The minimum absolute atomic E-state index is 0.0251. The van der Waals surface area contributed by atoms with E-state index < -0.39 is 6.09 Å². The van der Waals surface area contributed by atoms with Crippen molar-refractivity contribution in [2.45, 2.75) is 44.2 Å². The van der Waals surface area contributed by atoms with Gasteiger partial charge in [-0.25, -0.2) is 4.79 Å². The van der Waals surface area contributed by atoms with Crippen LogP contribution in [0.2, 0.25) is 0 Å². The first-order valence-electron chi connectivity index (χ1n) is 11.6. The molecule has 0 bridgehead atoms. The van der Waals surface area contributed by atoms with Gasteiger partial charge in [-0.05, 0) is 35.4 Å². The number of aromatic nitrogens is 5. The monoisotopic (exact) mass is 486 g/mol. The lowest BCUT2D eigenvalue weighted by Crippen LogP contribution is -2.48. The second kappa shape index (κ2) is 9.65. The zero-order valence-electron chi connectivity index (χ0n) is 19.9. The van der Waals surface area contributed by atoms with E-state index in [4.69, 9.17) is 14.6 Å². The topological polar surface area (TPSA) is 124 Å². The number of carboxylic acid groups (broad SMARTS) is 1. The molecule has 1 amide bonds. The molecule has 0 spiro atoms. The lowest BCUT2D eigenvalue weighted by Gasteiger charge is -2.35. The maximum atomic E-state index is 10.7. The SMILES string of the molecule is CC(C)(c1ccc(Oc2cnnc(-n3nccn3)c2)cc1)c1ccc(OC2CC(NC(=O)O)C2)cc1. The van der Waals surface area contributed by atoms with Crippen LogP contribution in [-0.4, -0.2) is 48.5 Å². The third-order valence-electron chi connectivity index (χ3n) is 6.35. The Morgan fingerprint density at radius 1 is 0.972 bits per heavy atom. The van der Waals surface area contributed by atoms with Crippen LogP contribution in [0.3, 0.4) is 0 Å². The highest BCUT2D eigenvalue weighted by atomic mass is 16.5. The third kappa shape index (κ3) is 5.12. The molecule has 2 N–H and O–H groups in total. The van der Waals surface area contributed by atoms with Crippen LogP contribution >= 0.6 is 0 Å². The van der Waals surface area contributed by atoms with E-state index in [1.54, 1.807) is 24.7 Å². The van der Waals surface area contributed by atoms with E-state index in [2.05, 4.69) is 51.7 Å². The zero-order valence-corrected chi connectivity index (χ0v) is 19.9. The lowest BCUT2D eigenvalue weighted by atomic mass is 9.78. The van der Waals surface area contributed by atoms with Gasteiger partial charge in [-0.15, -0.1) is 9.90 Å². The summed E-state index contributed by atoms with van der Waals surface area (Å²) in [6, 6.07) is 17.7. The molecule has 4 aromatic rings. The van der Waals surface area contributed by atoms with Gasteiger partial charge in [0.05, 0.1) is 18.6 Å². The van der Waals surface area contributed by atoms with Crippen molar-refractivity contribution in [3.63, 3.8) is 0 Å². The standard InChI is InChI=1S/C26H26N6O4/c1-26(2,17-3-7-20(8-4-17)35-22-13-19(14-22)30-25(33)34)18-5-9-21(10-6-18)36-23-15-24(31-27-16-23)32-28-11-12-29-32/h3-12,15-16,19,22,30H,13-14H2,1-2H3,(H,33,34). The van der Waals surface area contributed by atoms with Crippen LogP contribution in [0.15, 0.2) is 73.2 Å². The summed E-state index contributed by atoms with van der Waals surface area (Å²) in [5.41, 5.74) is 2.05. The summed E-state index contributed by atoms with van der Waals surface area (Å²) in [4.78, 5) is 12.1. The van der Waals surface area contributed by atoms with Crippen molar-refractivity contribution in [1.29, 1.82) is 0 Å². The first-order valence-corrected chi connectivity index (χ1v) is 11.6. The van der Waals surface area contributed by atoms with Gasteiger partial charge in [0.25, 0.3) is 0 Å². The second-order valence-electron chi connectivity index (χ2n) is 9.20. The zero-order chi connectivity index (χ0) is 25.1. The van der Waals surface area contributed by atoms with E-state index in [1.807, 2.05) is 36.4 Å². The van der Waals surface area contributed by atoms with Gasteiger partial charge in [0.15, 0.2) is 11.6 Å². The van der Waals surface area contributed by atoms with Gasteiger partial charge in [-0.2, -0.15) is 15.3 Å². The number of nitrogens with zero attached hydrogens (tertiary/aromatic N) is 5. The molecule has 10 nitrogen and oxygen atoms in total. The summed E-state index contributed by atoms with van der Waals surface area (Å²) in [6.07, 6.45) is 5.10. The Morgan fingerprint density at radius 2 is 1.58 bits per heavy atom. The molecule has 1 aliphatic carbocycles. The van der Waals surface area contributed by atoms with Crippen LogP contribution in [0, 0.1) is 0 Å². The molecule has 2 heterocycles. The number of amides is 1. The molecule has 0 saturated heterocycles. The highest BCUT2D eigenvalue weighted by molar-refractivity contribution is 5.65. The average molecular weight is 487 g/mol. The van der Waals surface area contributed by atoms with Crippen molar-refractivity contribution >= 4 is 6.09 Å². The Kier molecular flexibility index (Phi) is 6.24. The quantitative estimate of drug-likeness (QED) is 0.377. The van der Waals surface area contributed by atoms with Crippen molar-refractivity contribution in [1.82, 2.24) is 30.5 Å². The highest BCUT2D eigenvalue weighted by Gasteiger charge is 2.32. The molecule has 0 unspecified atom stereocenters. The number of carbonyl (C=O) groups is 1. The first-order chi connectivity index (χ1) is 17.4. The molecule has 0 atom stereocenters. The predicted octanol–water partition coefficient (Wildman–Crippen LogP) is 4.35. The number of hydrogen-bond donors (Lipinski definition) is 2. The number of nitrogens with one attached hydrogen (secondary N) is 1. The van der Waals surface area contributed by atoms with Gasteiger partial charge >= 0.3 is 6.09 Å². The molecule has 10 heteroatoms. The fourth-order valence-corrected chi connectivity index (χ4v) is 4.17. The lowest BCUT2D eigenvalue weighted by molar-refractivity contribution is 0.0833. The molecule has 1 fully saturated rings. The number of hydrogen-bond acceptors (Lipinski definition) is 7. The average Bonchev–Trinajstić information content (AvgIpc) is 3.39. The fraction of sp³-hybridized carbons (Fsp3) is 0.269. The molecule has 2 aromatic carbocycles. The van der Waals surface area contributed by atoms with Crippen molar-refractivity contribution in [2.24, 2.45) is 0 Å². The van der Waals surface area contributed by atoms with Gasteiger partial charge in [-0.1, -0.05) is 38.1 Å². The second-order valence-corrected chi connectivity index (χ2v) is 9.20. The first kappa shape index (κ1) is 23.3. The number of rotatable bonds is 8. The van der Waals surface area contributed by atoms with Gasteiger partial charge < -0.3 is 19.9 Å². The maximum absolute atomic E-state index is 10.7. The van der Waals surface area contributed by atoms with Crippen LogP contribution in [0.4, 0.5) is 4.79 Å². The summed E-state index contributed by atoms with van der Waals surface area (Å²) >= 11 is 0. The molecular formula is C26H26N6O4. The summed E-state index contributed by atoms with van der Waals surface area (Å²) in [7, 11) is 0. The summed E-state index contributed by atoms with van der Waals surface area (Å²) < 4.78 is 11.9. The third-order valence-corrected chi connectivity index (χ3v) is 6.35. The van der Waals surface area contributed by atoms with Crippen LogP contribution in [0.5, 0.6) is 17.2 Å². The Hall–Kier alpha value is -4.47. The normalized spacial score (nSPS) is 17.2. The smallest absolute Gasteiger partial charge is 0.404 e. The molecule has 5 rings (SSSR count). The van der Waals surface area contributed by atoms with E-state index in [-0.39, 0.29) is 17.6 Å². The van der Waals surface area contributed by atoms with E-state index >= 15 is 0 Å². The Labute approximate surface area is 207 Å². The van der Waals surface area contributed by atoms with E-state index in [0.717, 1.165) is 16.9 Å². The van der Waals surface area contributed by atoms with Crippen molar-refractivity contribution in [2.75, 3.05) is 0 Å². The van der Waals surface area contributed by atoms with Crippen molar-refractivity contribution in [3.05, 3.63) is 84.3 Å². The molecule has 0 aliphatic heterocycles. The molecule has 1 aliphatic rings. The van der Waals surface area contributed by atoms with Crippen molar-refractivity contribution in [3.8, 4) is 23.1 Å². The molecule has 0 radical (unpaired) electrons. The fourth-order valence-electron chi connectivity index (χ4n) is 4.17. The van der Waals surface area contributed by atoms with E-state index in [9.17, 15) is 4.79 Å². The van der Waals surface area contributed by atoms with Crippen LogP contribution in [0.25, 0.3) is 5.82 Å². The van der Waals surface area contributed by atoms with Crippen molar-refractivity contribution < 1.29 is 19.4 Å². The van der Waals surface area contributed by atoms with Crippen LogP contribution in [0.1, 0.15) is 37.8 Å². The minimum Gasteiger partial charge on any atom is -0.490 e. The Balaban J connectivity index is 1.21. The Morgan fingerprint density at radius 3 is 2.19 bits per heavy atom. The minimum atomic E-state index is -0.990. The number of benzene rings is 2. The van der Waals surface area contributed by atoms with Gasteiger partial charge in [0, 0.05) is 30.4 Å². The van der Waals surface area contributed by atoms with Gasteiger partial charge in [0.1, 0.15) is 17.6 Å². The molecule has 2 aromatic heterocycles.